The van der Waals surface area contributed by atoms with Gasteiger partial charge in [-0.25, -0.2) is 0 Å². The monoisotopic (exact) mass is 648 g/mol. The van der Waals surface area contributed by atoms with Gasteiger partial charge in [0, 0.05) is 47.7 Å². The molecule has 6 aromatic carbocycles. The van der Waals surface area contributed by atoms with Crippen molar-refractivity contribution in [1.82, 2.24) is 4.57 Å². The predicted molar refractivity (Wildman–Crippen MR) is 206 cm³/mol. The third-order valence-electron chi connectivity index (χ3n) is 13.1. The van der Waals surface area contributed by atoms with Crippen molar-refractivity contribution in [2.75, 3.05) is 4.90 Å². The maximum atomic E-state index is 2.59. The summed E-state index contributed by atoms with van der Waals surface area (Å²) in [5, 5.41) is 5.27. The smallest absolute Gasteiger partial charge is 0.0542 e. The minimum Gasteiger partial charge on any atom is -0.310 e. The van der Waals surface area contributed by atoms with E-state index in [1.165, 1.54) is 96.8 Å². The number of fused-ring (bicyclic) bond motifs is 8. The molecule has 0 radical (unpaired) electrons. The molecule has 8 aromatic rings. The first-order chi connectivity index (χ1) is 24.3. The number of nitrogens with zero attached hydrogens (tertiary/aromatic N) is 2. The zero-order valence-electron chi connectivity index (χ0n) is 27.3. The van der Waals surface area contributed by atoms with E-state index in [2.05, 4.69) is 143 Å². The van der Waals surface area contributed by atoms with Gasteiger partial charge in [-0.15, -0.1) is 11.3 Å². The first-order valence-electron chi connectivity index (χ1n) is 18.2. The topological polar surface area (TPSA) is 8.17 Å². The Hall–Kier alpha value is -4.86. The van der Waals surface area contributed by atoms with E-state index in [1.54, 1.807) is 11.1 Å². The fourth-order valence-electron chi connectivity index (χ4n) is 11.6. The van der Waals surface area contributed by atoms with E-state index in [-0.39, 0.29) is 5.41 Å². The third kappa shape index (κ3) is 3.47. The van der Waals surface area contributed by atoms with E-state index in [0.717, 1.165) is 23.7 Å². The number of rotatable bonds is 2. The lowest BCUT2D eigenvalue weighted by molar-refractivity contribution is -0.0419. The zero-order valence-corrected chi connectivity index (χ0v) is 28.2. The van der Waals surface area contributed by atoms with Crippen molar-refractivity contribution in [2.24, 2.45) is 23.7 Å². The van der Waals surface area contributed by atoms with E-state index < -0.39 is 0 Å². The van der Waals surface area contributed by atoms with Crippen LogP contribution in [0.15, 0.2) is 133 Å². The van der Waals surface area contributed by atoms with Crippen LogP contribution in [0.1, 0.15) is 43.2 Å². The lowest BCUT2D eigenvalue weighted by Crippen LogP contribution is -2.57. The van der Waals surface area contributed by atoms with Gasteiger partial charge in [-0.1, -0.05) is 72.8 Å². The fourth-order valence-corrected chi connectivity index (χ4v) is 12.7. The van der Waals surface area contributed by atoms with Gasteiger partial charge >= 0.3 is 0 Å². The predicted octanol–water partition coefficient (Wildman–Crippen LogP) is 12.7. The minimum atomic E-state index is 0.127. The normalized spacial score (nSPS) is 23.2. The average Bonchev–Trinajstić information content (AvgIpc) is 3.68. The van der Waals surface area contributed by atoms with Crippen LogP contribution in [0.5, 0.6) is 0 Å². The van der Waals surface area contributed by atoms with Crippen LogP contribution in [0.4, 0.5) is 17.1 Å². The molecule has 2 nitrogen and oxygen atoms in total. The van der Waals surface area contributed by atoms with Crippen molar-refractivity contribution >= 4 is 70.4 Å². The quantitative estimate of drug-likeness (QED) is 0.181. The van der Waals surface area contributed by atoms with Crippen molar-refractivity contribution in [1.29, 1.82) is 0 Å². The Labute approximate surface area is 290 Å². The summed E-state index contributed by atoms with van der Waals surface area (Å²) in [6, 6.07) is 50.9. The number of anilines is 3. The highest BCUT2D eigenvalue weighted by Gasteiger charge is 2.61. The number of para-hydroxylation sites is 3. The summed E-state index contributed by atoms with van der Waals surface area (Å²) in [5.74, 6) is 3.35. The molecule has 4 bridgehead atoms. The lowest BCUT2D eigenvalue weighted by atomic mass is 9.41. The Morgan fingerprint density at radius 1 is 0.469 bits per heavy atom. The number of thiophene rings is 1. The van der Waals surface area contributed by atoms with Crippen molar-refractivity contribution in [3.05, 3.63) is 145 Å². The molecular formula is C46H36N2S. The number of benzene rings is 6. The summed E-state index contributed by atoms with van der Waals surface area (Å²) in [6.07, 6.45) is 7.06. The van der Waals surface area contributed by atoms with Crippen molar-refractivity contribution < 1.29 is 0 Å². The Morgan fingerprint density at radius 2 is 1.04 bits per heavy atom. The molecule has 3 heteroatoms. The zero-order chi connectivity index (χ0) is 31.8. The van der Waals surface area contributed by atoms with Gasteiger partial charge in [0.15, 0.2) is 0 Å². The molecule has 0 amide bonds. The van der Waals surface area contributed by atoms with E-state index in [4.69, 9.17) is 0 Å². The van der Waals surface area contributed by atoms with Crippen molar-refractivity contribution in [2.45, 2.75) is 37.5 Å². The second-order valence-electron chi connectivity index (χ2n) is 15.4. The van der Waals surface area contributed by atoms with Crippen molar-refractivity contribution in [3.8, 4) is 5.69 Å². The van der Waals surface area contributed by atoms with Crippen LogP contribution >= 0.6 is 11.3 Å². The average molecular weight is 649 g/mol. The number of hydrogen-bond donors (Lipinski definition) is 0. The summed E-state index contributed by atoms with van der Waals surface area (Å²) < 4.78 is 5.16. The van der Waals surface area contributed by atoms with Crippen LogP contribution in [0.3, 0.4) is 0 Å². The van der Waals surface area contributed by atoms with Crippen LogP contribution < -0.4 is 4.90 Å². The first-order valence-corrected chi connectivity index (χ1v) is 19.0. The molecule has 3 heterocycles. The molecule has 49 heavy (non-hydrogen) atoms. The standard InChI is InChI=1S/C46H36N2S/c1-5-13-40-34(9-1)36-26-32(17-19-41(36)47(40)33-18-20-45-37(27-33)35-10-2-8-16-44(35)49-45)48-42-14-6-3-11-38(42)46(39-12-4-7-15-43(39)48)30-22-28-21-29(24-30)25-31(46)23-28/h1-20,26-31H,21-25H2/t28-,29?,30-,31?/m0/s1. The Bertz CT molecular complexity index is 2580. The Balaban J connectivity index is 1.07. The summed E-state index contributed by atoms with van der Waals surface area (Å²) in [6.45, 7) is 0. The molecule has 4 aliphatic carbocycles. The van der Waals surface area contributed by atoms with Crippen LogP contribution in [-0.4, -0.2) is 4.57 Å². The van der Waals surface area contributed by atoms with Gasteiger partial charge in [-0.3, -0.25) is 0 Å². The second kappa shape index (κ2) is 9.64. The molecule has 0 unspecified atom stereocenters. The van der Waals surface area contributed by atoms with Crippen LogP contribution in [0.2, 0.25) is 0 Å². The van der Waals surface area contributed by atoms with E-state index in [1.807, 2.05) is 11.3 Å². The van der Waals surface area contributed by atoms with Crippen molar-refractivity contribution in [3.63, 3.8) is 0 Å². The maximum Gasteiger partial charge on any atom is 0.0542 e. The molecule has 1 spiro atoms. The molecule has 5 aliphatic rings. The second-order valence-corrected chi connectivity index (χ2v) is 16.5. The van der Waals surface area contributed by atoms with E-state index in [9.17, 15) is 0 Å². The summed E-state index contributed by atoms with van der Waals surface area (Å²) in [4.78, 5) is 2.59. The summed E-state index contributed by atoms with van der Waals surface area (Å²) >= 11 is 1.88. The molecule has 1 aliphatic heterocycles. The molecule has 0 atom stereocenters. The summed E-state index contributed by atoms with van der Waals surface area (Å²) in [7, 11) is 0. The van der Waals surface area contributed by atoms with Crippen LogP contribution in [0.25, 0.3) is 47.7 Å². The van der Waals surface area contributed by atoms with Gasteiger partial charge < -0.3 is 9.47 Å². The Kier molecular flexibility index (Phi) is 5.32. The lowest BCUT2D eigenvalue weighted by Gasteiger charge is -2.64. The minimum absolute atomic E-state index is 0.127. The van der Waals surface area contributed by atoms with Crippen LogP contribution in [-0.2, 0) is 5.41 Å². The number of hydrogen-bond acceptors (Lipinski definition) is 2. The van der Waals surface area contributed by atoms with Gasteiger partial charge in [0.2, 0.25) is 0 Å². The third-order valence-corrected chi connectivity index (χ3v) is 14.3. The molecule has 4 saturated carbocycles. The first kappa shape index (κ1) is 27.0. The van der Waals surface area contributed by atoms with Gasteiger partial charge in [-0.2, -0.15) is 0 Å². The molecular weight excluding hydrogens is 613 g/mol. The van der Waals surface area contributed by atoms with Gasteiger partial charge in [0.25, 0.3) is 0 Å². The number of aromatic nitrogens is 1. The highest BCUT2D eigenvalue weighted by Crippen LogP contribution is 2.69. The maximum absolute atomic E-state index is 2.59. The molecule has 236 valence electrons. The molecule has 0 saturated heterocycles. The highest BCUT2D eigenvalue weighted by molar-refractivity contribution is 7.25. The molecule has 13 rings (SSSR count). The molecule has 0 N–H and O–H groups in total. The highest BCUT2D eigenvalue weighted by atomic mass is 32.1. The van der Waals surface area contributed by atoms with Gasteiger partial charge in [0.1, 0.15) is 0 Å². The van der Waals surface area contributed by atoms with Gasteiger partial charge in [-0.05, 0) is 128 Å². The van der Waals surface area contributed by atoms with E-state index in [0.29, 0.717) is 0 Å². The summed E-state index contributed by atoms with van der Waals surface area (Å²) in [5.41, 5.74) is 11.0. The largest absolute Gasteiger partial charge is 0.310 e. The van der Waals surface area contributed by atoms with Gasteiger partial charge in [0.05, 0.1) is 22.4 Å². The molecule has 2 aromatic heterocycles. The molecule has 4 fully saturated rings. The Morgan fingerprint density at radius 3 is 1.80 bits per heavy atom. The van der Waals surface area contributed by atoms with E-state index >= 15 is 0 Å². The SMILES string of the molecule is c1ccc2c(c1)N(c1ccc3c(c1)c1ccccc1n3-c1ccc3sc4ccccc4c3c1)c1ccccc1C21C2CC3C[C@H](C2)C[C@H]1C3. The van der Waals surface area contributed by atoms with Crippen LogP contribution in [0, 0.1) is 23.7 Å². The fraction of sp³-hybridized carbons (Fsp3) is 0.217.